The van der Waals surface area contributed by atoms with Crippen molar-refractivity contribution >= 4 is 5.97 Å². The van der Waals surface area contributed by atoms with Crippen LogP contribution in [0.3, 0.4) is 0 Å². The van der Waals surface area contributed by atoms with Gasteiger partial charge in [-0.3, -0.25) is 4.79 Å². The Balaban J connectivity index is 3.70. The molecule has 0 aliphatic rings. The minimum Gasteiger partial charge on any atom is -0.469 e. The smallest absolute Gasteiger partial charge is 0.308 e. The van der Waals surface area contributed by atoms with Gasteiger partial charge in [-0.15, -0.1) is 0 Å². The molecule has 14 heavy (non-hydrogen) atoms. The van der Waals surface area contributed by atoms with E-state index in [1.807, 2.05) is 6.92 Å². The normalized spacial score (nSPS) is 15.3. The molecule has 0 bridgehead atoms. The van der Waals surface area contributed by atoms with Crippen molar-refractivity contribution in [2.45, 2.75) is 40.2 Å². The predicted octanol–water partition coefficient (Wildman–Crippen LogP) is 1.82. The van der Waals surface area contributed by atoms with Crippen LogP contribution in [0.25, 0.3) is 0 Å². The zero-order valence-electron chi connectivity index (χ0n) is 9.96. The Morgan fingerprint density at radius 2 is 1.86 bits per heavy atom. The molecule has 0 amide bonds. The maximum absolute atomic E-state index is 11.1. The Labute approximate surface area is 87.2 Å². The van der Waals surface area contributed by atoms with Gasteiger partial charge in [0.25, 0.3) is 0 Å². The van der Waals surface area contributed by atoms with Crippen LogP contribution in [0.5, 0.6) is 0 Å². The summed E-state index contributed by atoms with van der Waals surface area (Å²) in [6.45, 7) is 9.34. The lowest BCUT2D eigenvalue weighted by molar-refractivity contribution is -0.145. The first-order valence-corrected chi connectivity index (χ1v) is 5.28. The monoisotopic (exact) mass is 201 g/mol. The van der Waals surface area contributed by atoms with Crippen LogP contribution < -0.4 is 5.32 Å². The first-order valence-electron chi connectivity index (χ1n) is 5.28. The highest BCUT2D eigenvalue weighted by Gasteiger charge is 2.16. The molecule has 0 rings (SSSR count). The third kappa shape index (κ3) is 5.97. The number of carbonyl (C=O) groups excluding carboxylic acids is 1. The Morgan fingerprint density at radius 3 is 2.29 bits per heavy atom. The first-order chi connectivity index (χ1) is 6.47. The molecular weight excluding hydrogens is 178 g/mol. The molecular formula is C11H23NO2. The van der Waals surface area contributed by atoms with Crippen molar-refractivity contribution < 1.29 is 9.53 Å². The lowest BCUT2D eigenvalue weighted by Crippen LogP contribution is -2.32. The third-order valence-corrected chi connectivity index (χ3v) is 2.19. The zero-order chi connectivity index (χ0) is 11.1. The van der Waals surface area contributed by atoms with Crippen molar-refractivity contribution in [3.63, 3.8) is 0 Å². The molecule has 0 aliphatic heterocycles. The van der Waals surface area contributed by atoms with Gasteiger partial charge in [0.15, 0.2) is 0 Å². The van der Waals surface area contributed by atoms with Gasteiger partial charge in [-0.1, -0.05) is 20.8 Å². The number of hydrogen-bond acceptors (Lipinski definition) is 3. The third-order valence-electron chi connectivity index (χ3n) is 2.19. The summed E-state index contributed by atoms with van der Waals surface area (Å²) < 4.78 is 4.67. The number of esters is 1. The summed E-state index contributed by atoms with van der Waals surface area (Å²) in [6, 6.07) is 0.367. The Kier molecular flexibility index (Phi) is 6.54. The van der Waals surface area contributed by atoms with Gasteiger partial charge in [-0.05, 0) is 25.8 Å². The highest BCUT2D eigenvalue weighted by molar-refractivity contribution is 5.71. The van der Waals surface area contributed by atoms with Gasteiger partial charge in [0.2, 0.25) is 0 Å². The second-order valence-electron chi connectivity index (χ2n) is 4.36. The maximum atomic E-state index is 11.1. The molecule has 3 nitrogen and oxygen atoms in total. The van der Waals surface area contributed by atoms with Crippen molar-refractivity contribution in [1.29, 1.82) is 0 Å². The van der Waals surface area contributed by atoms with E-state index in [1.54, 1.807) is 0 Å². The Hall–Kier alpha value is -0.570. The van der Waals surface area contributed by atoms with Crippen LogP contribution in [-0.4, -0.2) is 25.7 Å². The minimum atomic E-state index is -0.122. The fraction of sp³-hybridized carbons (Fsp3) is 0.909. The fourth-order valence-corrected chi connectivity index (χ4v) is 1.35. The van der Waals surface area contributed by atoms with E-state index >= 15 is 0 Å². The average Bonchev–Trinajstić information content (AvgIpc) is 2.13. The molecule has 2 unspecified atom stereocenters. The standard InChI is InChI=1S/C11H23NO2/c1-8(2)7-12-10(4)6-9(3)11(13)14-5/h8-10,12H,6-7H2,1-5H3. The fourth-order valence-electron chi connectivity index (χ4n) is 1.35. The van der Waals surface area contributed by atoms with Gasteiger partial charge in [0, 0.05) is 6.04 Å². The van der Waals surface area contributed by atoms with Crippen LogP contribution in [0.15, 0.2) is 0 Å². The van der Waals surface area contributed by atoms with Gasteiger partial charge < -0.3 is 10.1 Å². The van der Waals surface area contributed by atoms with Crippen molar-refractivity contribution in [1.82, 2.24) is 5.32 Å². The van der Waals surface area contributed by atoms with Crippen LogP contribution in [-0.2, 0) is 9.53 Å². The second-order valence-corrected chi connectivity index (χ2v) is 4.36. The van der Waals surface area contributed by atoms with E-state index in [-0.39, 0.29) is 11.9 Å². The summed E-state index contributed by atoms with van der Waals surface area (Å²) in [6.07, 6.45) is 0.833. The van der Waals surface area contributed by atoms with Gasteiger partial charge in [-0.2, -0.15) is 0 Å². The van der Waals surface area contributed by atoms with Crippen molar-refractivity contribution in [3.8, 4) is 0 Å². The number of rotatable bonds is 6. The summed E-state index contributed by atoms with van der Waals surface area (Å²) in [5, 5.41) is 3.38. The number of carbonyl (C=O) groups is 1. The Morgan fingerprint density at radius 1 is 1.29 bits per heavy atom. The van der Waals surface area contributed by atoms with E-state index in [0.717, 1.165) is 13.0 Å². The van der Waals surface area contributed by atoms with Crippen LogP contribution >= 0.6 is 0 Å². The van der Waals surface area contributed by atoms with Crippen molar-refractivity contribution in [2.24, 2.45) is 11.8 Å². The van der Waals surface area contributed by atoms with Gasteiger partial charge in [0.1, 0.15) is 0 Å². The molecule has 3 heteroatoms. The molecule has 0 aromatic rings. The molecule has 1 N–H and O–H groups in total. The number of ether oxygens (including phenoxy) is 1. The molecule has 0 fully saturated rings. The molecule has 0 spiro atoms. The molecule has 0 aliphatic carbocycles. The lowest BCUT2D eigenvalue weighted by atomic mass is 10.0. The average molecular weight is 201 g/mol. The number of nitrogens with one attached hydrogen (secondary N) is 1. The molecule has 84 valence electrons. The second kappa shape index (κ2) is 6.82. The molecule has 0 heterocycles. The molecule has 0 aromatic heterocycles. The Bertz CT molecular complexity index is 169. The van der Waals surface area contributed by atoms with E-state index in [9.17, 15) is 4.79 Å². The largest absolute Gasteiger partial charge is 0.469 e. The van der Waals surface area contributed by atoms with Crippen molar-refractivity contribution in [2.75, 3.05) is 13.7 Å². The van der Waals surface area contributed by atoms with Crippen LogP contribution in [0.4, 0.5) is 0 Å². The van der Waals surface area contributed by atoms with E-state index in [4.69, 9.17) is 0 Å². The van der Waals surface area contributed by atoms with E-state index in [0.29, 0.717) is 12.0 Å². The summed E-state index contributed by atoms with van der Waals surface area (Å²) in [4.78, 5) is 11.1. The molecule has 0 saturated carbocycles. The van der Waals surface area contributed by atoms with E-state index < -0.39 is 0 Å². The van der Waals surface area contributed by atoms with Gasteiger partial charge >= 0.3 is 5.97 Å². The van der Waals surface area contributed by atoms with E-state index in [2.05, 4.69) is 30.8 Å². The molecule has 0 saturated heterocycles. The van der Waals surface area contributed by atoms with Gasteiger partial charge in [0.05, 0.1) is 13.0 Å². The van der Waals surface area contributed by atoms with E-state index in [1.165, 1.54) is 7.11 Å². The quantitative estimate of drug-likeness (QED) is 0.666. The molecule has 2 atom stereocenters. The van der Waals surface area contributed by atoms with Gasteiger partial charge in [-0.25, -0.2) is 0 Å². The highest BCUT2D eigenvalue weighted by atomic mass is 16.5. The number of hydrogen-bond donors (Lipinski definition) is 1. The highest BCUT2D eigenvalue weighted by Crippen LogP contribution is 2.07. The summed E-state index contributed by atoms with van der Waals surface area (Å²) in [5.41, 5.74) is 0. The molecule has 0 aromatic carbocycles. The maximum Gasteiger partial charge on any atom is 0.308 e. The van der Waals surface area contributed by atoms with Crippen LogP contribution in [0.1, 0.15) is 34.1 Å². The summed E-state index contributed by atoms with van der Waals surface area (Å²) >= 11 is 0. The van der Waals surface area contributed by atoms with Crippen molar-refractivity contribution in [3.05, 3.63) is 0 Å². The minimum absolute atomic E-state index is 0.0188. The summed E-state index contributed by atoms with van der Waals surface area (Å²) in [5.74, 6) is 0.503. The van der Waals surface area contributed by atoms with Crippen LogP contribution in [0.2, 0.25) is 0 Å². The summed E-state index contributed by atoms with van der Waals surface area (Å²) in [7, 11) is 1.44. The predicted molar refractivity (Wildman–Crippen MR) is 58.1 cm³/mol. The number of methoxy groups -OCH3 is 1. The topological polar surface area (TPSA) is 38.3 Å². The first kappa shape index (κ1) is 13.4. The molecule has 0 radical (unpaired) electrons. The SMILES string of the molecule is COC(=O)C(C)CC(C)NCC(C)C. The lowest BCUT2D eigenvalue weighted by Gasteiger charge is -2.18. The van der Waals surface area contributed by atoms with Crippen LogP contribution in [0, 0.1) is 11.8 Å². The zero-order valence-corrected chi connectivity index (χ0v) is 9.96.